The number of unbranched alkanes of at least 4 members (excludes halogenated alkanes) is 18. The monoisotopic (exact) mass is 764 g/mol. The molecule has 0 aromatic rings. The number of ether oxygens (including phenoxy) is 2. The summed E-state index contributed by atoms with van der Waals surface area (Å²) < 4.78 is 14.3. The Hall–Kier alpha value is -1.16. The lowest BCUT2D eigenvalue weighted by Gasteiger charge is -2.37. The largest absolute Gasteiger partial charge is 0.344 e. The SMILES string of the molecule is CCCCC/C=C\C/C=C\CCCCCCCCC1(CCCCCCCC/C=C\C/C=C\CCCCC)O[C@@H]2CC3C(C)CC(CC(C)N(C)C)C3C[C@H]2O1. The van der Waals surface area contributed by atoms with E-state index < -0.39 is 0 Å². The Labute approximate surface area is 344 Å². The molecule has 3 heteroatoms. The van der Waals surface area contributed by atoms with E-state index in [1.165, 1.54) is 167 Å². The van der Waals surface area contributed by atoms with Gasteiger partial charge in [0.2, 0.25) is 0 Å². The predicted octanol–water partition coefficient (Wildman–Crippen LogP) is 15.9. The van der Waals surface area contributed by atoms with E-state index >= 15 is 0 Å². The highest BCUT2D eigenvalue weighted by atomic mass is 16.8. The highest BCUT2D eigenvalue weighted by Crippen LogP contribution is 2.55. The zero-order valence-electron chi connectivity index (χ0n) is 37.6. The second-order valence-electron chi connectivity index (χ2n) is 18.7. The second kappa shape index (κ2) is 30.0. The summed E-state index contributed by atoms with van der Waals surface area (Å²) in [5, 5.41) is 0. The summed E-state index contributed by atoms with van der Waals surface area (Å²) in [4.78, 5) is 2.42. The molecular weight excluding hydrogens is 671 g/mol. The molecule has 0 aromatic carbocycles. The van der Waals surface area contributed by atoms with E-state index in [0.717, 1.165) is 49.4 Å². The van der Waals surface area contributed by atoms with Crippen LogP contribution in [0.25, 0.3) is 0 Å². The number of hydrogen-bond donors (Lipinski definition) is 0. The third-order valence-electron chi connectivity index (χ3n) is 13.8. The summed E-state index contributed by atoms with van der Waals surface area (Å²) in [6.07, 6.45) is 58.2. The summed E-state index contributed by atoms with van der Waals surface area (Å²) in [5.74, 6) is 2.99. The zero-order chi connectivity index (χ0) is 39.4. The zero-order valence-corrected chi connectivity index (χ0v) is 37.6. The van der Waals surface area contributed by atoms with Gasteiger partial charge in [-0.3, -0.25) is 0 Å². The van der Waals surface area contributed by atoms with Crippen LogP contribution in [-0.2, 0) is 9.47 Å². The van der Waals surface area contributed by atoms with E-state index in [1.807, 2.05) is 0 Å². The summed E-state index contributed by atoms with van der Waals surface area (Å²) >= 11 is 0. The van der Waals surface area contributed by atoms with Crippen LogP contribution in [0.1, 0.15) is 220 Å². The van der Waals surface area contributed by atoms with Gasteiger partial charge in [-0.2, -0.15) is 0 Å². The first-order valence-electron chi connectivity index (χ1n) is 24.5. The van der Waals surface area contributed by atoms with Gasteiger partial charge >= 0.3 is 0 Å². The van der Waals surface area contributed by atoms with Crippen LogP contribution < -0.4 is 0 Å². The molecule has 0 N–H and O–H groups in total. The van der Waals surface area contributed by atoms with Crippen LogP contribution in [0.3, 0.4) is 0 Å². The first kappa shape index (κ1) is 48.2. The van der Waals surface area contributed by atoms with Gasteiger partial charge in [0.25, 0.3) is 0 Å². The summed E-state index contributed by atoms with van der Waals surface area (Å²) in [5.41, 5.74) is 0. The van der Waals surface area contributed by atoms with Gasteiger partial charge in [-0.1, -0.05) is 146 Å². The number of fused-ring (bicyclic) bond motifs is 2. The summed E-state index contributed by atoms with van der Waals surface area (Å²) in [7, 11) is 4.50. The van der Waals surface area contributed by atoms with Crippen molar-refractivity contribution in [1.29, 1.82) is 0 Å². The fourth-order valence-corrected chi connectivity index (χ4v) is 10.1. The highest BCUT2D eigenvalue weighted by Gasteiger charge is 2.55. The quantitative estimate of drug-likeness (QED) is 0.0491. The van der Waals surface area contributed by atoms with Gasteiger partial charge < -0.3 is 14.4 Å². The van der Waals surface area contributed by atoms with Crippen LogP contribution in [-0.4, -0.2) is 43.0 Å². The van der Waals surface area contributed by atoms with Gasteiger partial charge in [-0.15, -0.1) is 0 Å². The molecule has 0 radical (unpaired) electrons. The Morgan fingerprint density at radius 1 is 0.527 bits per heavy atom. The van der Waals surface area contributed by atoms with Crippen molar-refractivity contribution in [2.24, 2.45) is 23.7 Å². The van der Waals surface area contributed by atoms with Crippen LogP contribution in [0.4, 0.5) is 0 Å². The van der Waals surface area contributed by atoms with Crippen LogP contribution in [0.15, 0.2) is 48.6 Å². The molecule has 7 atom stereocenters. The first-order chi connectivity index (χ1) is 26.9. The van der Waals surface area contributed by atoms with Gasteiger partial charge in [0.05, 0.1) is 12.2 Å². The molecule has 0 aromatic heterocycles. The molecule has 1 saturated heterocycles. The molecule has 0 amide bonds. The molecule has 2 saturated carbocycles. The van der Waals surface area contributed by atoms with Crippen LogP contribution in [0, 0.1) is 23.7 Å². The third kappa shape index (κ3) is 19.9. The van der Waals surface area contributed by atoms with Crippen molar-refractivity contribution < 1.29 is 9.47 Å². The van der Waals surface area contributed by atoms with Crippen molar-refractivity contribution in [2.75, 3.05) is 14.1 Å². The van der Waals surface area contributed by atoms with Crippen molar-refractivity contribution in [3.8, 4) is 0 Å². The highest BCUT2D eigenvalue weighted by molar-refractivity contribution is 5.01. The van der Waals surface area contributed by atoms with Gasteiger partial charge in [0, 0.05) is 18.9 Å². The van der Waals surface area contributed by atoms with Crippen molar-refractivity contribution in [3.05, 3.63) is 48.6 Å². The molecule has 0 bridgehead atoms. The van der Waals surface area contributed by atoms with Crippen LogP contribution in [0.5, 0.6) is 0 Å². The maximum atomic E-state index is 7.19. The predicted molar refractivity (Wildman–Crippen MR) is 242 cm³/mol. The van der Waals surface area contributed by atoms with E-state index in [-0.39, 0.29) is 5.79 Å². The van der Waals surface area contributed by atoms with E-state index in [4.69, 9.17) is 9.47 Å². The van der Waals surface area contributed by atoms with Gasteiger partial charge in [0.1, 0.15) is 0 Å². The topological polar surface area (TPSA) is 21.7 Å². The van der Waals surface area contributed by atoms with E-state index in [1.54, 1.807) is 0 Å². The summed E-state index contributed by atoms with van der Waals surface area (Å²) in [6.45, 7) is 9.51. The van der Waals surface area contributed by atoms with E-state index in [2.05, 4.69) is 95.3 Å². The average molecular weight is 764 g/mol. The smallest absolute Gasteiger partial charge is 0.169 e. The van der Waals surface area contributed by atoms with Crippen LogP contribution >= 0.6 is 0 Å². The lowest BCUT2D eigenvalue weighted by Crippen LogP contribution is -2.39. The van der Waals surface area contributed by atoms with E-state index in [0.29, 0.717) is 18.2 Å². The Morgan fingerprint density at radius 3 is 1.36 bits per heavy atom. The summed E-state index contributed by atoms with van der Waals surface area (Å²) in [6, 6.07) is 0.654. The minimum atomic E-state index is -0.325. The second-order valence-corrected chi connectivity index (χ2v) is 18.7. The molecule has 3 fully saturated rings. The van der Waals surface area contributed by atoms with Crippen molar-refractivity contribution >= 4 is 0 Å². The maximum Gasteiger partial charge on any atom is 0.169 e. The molecular formula is C52H93NO2. The lowest BCUT2D eigenvalue weighted by atomic mass is 9.73. The molecule has 318 valence electrons. The minimum Gasteiger partial charge on any atom is -0.344 e. The molecule has 1 aliphatic heterocycles. The molecule has 1 heterocycles. The fraction of sp³-hybridized carbons (Fsp3) is 0.846. The van der Waals surface area contributed by atoms with Crippen molar-refractivity contribution in [1.82, 2.24) is 4.90 Å². The van der Waals surface area contributed by atoms with Gasteiger partial charge in [0.15, 0.2) is 5.79 Å². The fourth-order valence-electron chi connectivity index (χ4n) is 10.1. The average Bonchev–Trinajstić information content (AvgIpc) is 3.68. The number of rotatable bonds is 33. The maximum absolute atomic E-state index is 7.19. The molecule has 5 unspecified atom stereocenters. The Kier molecular flexibility index (Phi) is 26.3. The molecule has 3 rings (SSSR count). The molecule has 0 spiro atoms. The van der Waals surface area contributed by atoms with Crippen molar-refractivity contribution in [2.45, 2.75) is 244 Å². The Balaban J connectivity index is 1.37. The molecule has 3 nitrogen and oxygen atoms in total. The van der Waals surface area contributed by atoms with Gasteiger partial charge in [-0.25, -0.2) is 0 Å². The first-order valence-corrected chi connectivity index (χ1v) is 24.5. The number of nitrogens with zero attached hydrogens (tertiary/aromatic N) is 1. The van der Waals surface area contributed by atoms with Gasteiger partial charge in [-0.05, 0) is 147 Å². The third-order valence-corrected chi connectivity index (χ3v) is 13.8. The molecule has 55 heavy (non-hydrogen) atoms. The normalized spacial score (nSPS) is 25.7. The number of allylic oxidation sites excluding steroid dienone is 8. The van der Waals surface area contributed by atoms with E-state index in [9.17, 15) is 0 Å². The standard InChI is InChI=1S/C52H93NO2/c1-7-9-11-13-15-17-19-21-23-25-27-29-31-33-35-37-39-52(40-38-36-34-32-30-28-26-24-22-20-18-16-14-12-10-8-2)54-50-43-48-45(3)41-47(42-46(4)53(5)6)49(48)44-51(50)55-52/h15-18,21-24,45-51H,7-14,19-20,25-44H2,1-6H3/b17-15-,18-16-,23-21-,24-22-/t45?,46?,47?,48?,49?,50-,51-/m1/s1. The molecule has 2 aliphatic carbocycles. The number of hydrogen-bond acceptors (Lipinski definition) is 3. The Bertz CT molecular complexity index is 994. The molecule has 3 aliphatic rings. The van der Waals surface area contributed by atoms with Crippen LogP contribution in [0.2, 0.25) is 0 Å². The lowest BCUT2D eigenvalue weighted by molar-refractivity contribution is -0.186. The Morgan fingerprint density at radius 2 is 0.927 bits per heavy atom. The minimum absolute atomic E-state index is 0.318. The van der Waals surface area contributed by atoms with Crippen molar-refractivity contribution in [3.63, 3.8) is 0 Å².